The van der Waals surface area contributed by atoms with Crippen molar-refractivity contribution in [3.63, 3.8) is 0 Å². The van der Waals surface area contributed by atoms with Crippen LogP contribution in [0.1, 0.15) is 39.8 Å². The van der Waals surface area contributed by atoms with Gasteiger partial charge in [0, 0.05) is 12.6 Å². The van der Waals surface area contributed by atoms with E-state index in [1.165, 1.54) is 0 Å². The van der Waals surface area contributed by atoms with Gasteiger partial charge in [0.1, 0.15) is 15.4 Å². The summed E-state index contributed by atoms with van der Waals surface area (Å²) in [7, 11) is 0. The standard InChI is InChI=1S/C14H19N3O3S/c1-3-7-16-13-9(14(19)20-4-2)10(15)11(21-13)12(18)17-8-5-6-8/h3,8,16H,1,4-7,15H2,2H3,(H,17,18). The third-order valence-corrected chi connectivity index (χ3v) is 4.11. The van der Waals surface area contributed by atoms with E-state index in [4.69, 9.17) is 10.5 Å². The number of nitrogens with two attached hydrogens (primary N) is 1. The number of rotatable bonds is 7. The molecular weight excluding hydrogens is 290 g/mol. The molecule has 1 amide bonds. The number of carbonyl (C=O) groups excluding carboxylic acids is 2. The van der Waals surface area contributed by atoms with Crippen molar-refractivity contribution in [3.05, 3.63) is 23.1 Å². The summed E-state index contributed by atoms with van der Waals surface area (Å²) in [5, 5.41) is 6.43. The van der Waals surface area contributed by atoms with Crippen LogP contribution in [-0.4, -0.2) is 31.1 Å². The second kappa shape index (κ2) is 6.62. The van der Waals surface area contributed by atoms with E-state index < -0.39 is 5.97 Å². The van der Waals surface area contributed by atoms with Gasteiger partial charge in [0.15, 0.2) is 0 Å². The van der Waals surface area contributed by atoms with Crippen molar-refractivity contribution in [2.45, 2.75) is 25.8 Å². The van der Waals surface area contributed by atoms with Gasteiger partial charge >= 0.3 is 5.97 Å². The van der Waals surface area contributed by atoms with Crippen molar-refractivity contribution in [2.75, 3.05) is 24.2 Å². The minimum atomic E-state index is -0.525. The molecule has 1 saturated carbocycles. The largest absolute Gasteiger partial charge is 0.462 e. The maximum atomic E-state index is 12.2. The van der Waals surface area contributed by atoms with Crippen LogP contribution in [0.2, 0.25) is 0 Å². The number of thiophene rings is 1. The molecule has 1 fully saturated rings. The predicted molar refractivity (Wildman–Crippen MR) is 83.9 cm³/mol. The molecule has 0 bridgehead atoms. The molecule has 0 radical (unpaired) electrons. The topological polar surface area (TPSA) is 93.5 Å². The average molecular weight is 309 g/mol. The van der Waals surface area contributed by atoms with Crippen LogP contribution < -0.4 is 16.4 Å². The van der Waals surface area contributed by atoms with Crippen LogP contribution in [0.15, 0.2) is 12.7 Å². The number of anilines is 2. The molecule has 0 aromatic carbocycles. The van der Waals surface area contributed by atoms with E-state index in [9.17, 15) is 9.59 Å². The zero-order valence-corrected chi connectivity index (χ0v) is 12.7. The number of nitrogen functional groups attached to an aromatic ring is 1. The second-order valence-electron chi connectivity index (χ2n) is 4.69. The molecule has 2 rings (SSSR count). The van der Waals surface area contributed by atoms with Crippen molar-refractivity contribution >= 4 is 33.9 Å². The normalized spacial score (nSPS) is 13.6. The van der Waals surface area contributed by atoms with Crippen LogP contribution >= 0.6 is 11.3 Å². The Labute approximate surface area is 127 Å². The molecule has 21 heavy (non-hydrogen) atoms. The minimum Gasteiger partial charge on any atom is -0.462 e. The highest BCUT2D eigenvalue weighted by atomic mass is 32.1. The lowest BCUT2D eigenvalue weighted by Crippen LogP contribution is -2.25. The molecule has 0 saturated heterocycles. The highest BCUT2D eigenvalue weighted by Gasteiger charge is 2.29. The Morgan fingerprint density at radius 1 is 1.52 bits per heavy atom. The van der Waals surface area contributed by atoms with E-state index in [2.05, 4.69) is 17.2 Å². The van der Waals surface area contributed by atoms with E-state index in [0.29, 0.717) is 16.4 Å². The van der Waals surface area contributed by atoms with Gasteiger partial charge in [0.2, 0.25) is 0 Å². The molecule has 7 heteroatoms. The zero-order chi connectivity index (χ0) is 15.4. The first kappa shape index (κ1) is 15.4. The highest BCUT2D eigenvalue weighted by Crippen LogP contribution is 2.36. The first-order valence-electron chi connectivity index (χ1n) is 6.83. The van der Waals surface area contributed by atoms with E-state index in [-0.39, 0.29) is 29.8 Å². The van der Waals surface area contributed by atoms with Gasteiger partial charge in [0.25, 0.3) is 5.91 Å². The van der Waals surface area contributed by atoms with Gasteiger partial charge in [-0.1, -0.05) is 6.08 Å². The van der Waals surface area contributed by atoms with Gasteiger partial charge in [0.05, 0.1) is 12.3 Å². The smallest absolute Gasteiger partial charge is 0.343 e. The summed E-state index contributed by atoms with van der Waals surface area (Å²) in [5.74, 6) is -0.763. The molecule has 0 aliphatic heterocycles. The van der Waals surface area contributed by atoms with Gasteiger partial charge in [-0.25, -0.2) is 4.79 Å². The Morgan fingerprint density at radius 3 is 2.81 bits per heavy atom. The molecule has 0 spiro atoms. The van der Waals surface area contributed by atoms with E-state index in [0.717, 1.165) is 24.2 Å². The number of ether oxygens (including phenoxy) is 1. The zero-order valence-electron chi connectivity index (χ0n) is 11.9. The van der Waals surface area contributed by atoms with Gasteiger partial charge in [-0.2, -0.15) is 0 Å². The van der Waals surface area contributed by atoms with E-state index in [1.807, 2.05) is 0 Å². The lowest BCUT2D eigenvalue weighted by Gasteiger charge is -2.05. The Kier molecular flexibility index (Phi) is 4.85. The predicted octanol–water partition coefficient (Wildman–Crippen LogP) is 2.00. The molecule has 1 aromatic heterocycles. The maximum absolute atomic E-state index is 12.2. The molecule has 0 atom stereocenters. The Morgan fingerprint density at radius 2 is 2.24 bits per heavy atom. The highest BCUT2D eigenvalue weighted by molar-refractivity contribution is 7.19. The molecule has 0 unspecified atom stereocenters. The van der Waals surface area contributed by atoms with Gasteiger partial charge in [-0.05, 0) is 19.8 Å². The summed E-state index contributed by atoms with van der Waals surface area (Å²) in [6.45, 7) is 6.05. The second-order valence-corrected chi connectivity index (χ2v) is 5.71. The summed E-state index contributed by atoms with van der Waals surface area (Å²) in [4.78, 5) is 24.5. The Hall–Kier alpha value is -2.02. The number of amides is 1. The van der Waals surface area contributed by atoms with Gasteiger partial charge < -0.3 is 21.1 Å². The first-order chi connectivity index (χ1) is 10.1. The minimum absolute atomic E-state index is 0.170. The lowest BCUT2D eigenvalue weighted by atomic mass is 10.2. The van der Waals surface area contributed by atoms with Crippen LogP contribution in [-0.2, 0) is 4.74 Å². The Balaban J connectivity index is 2.30. The fourth-order valence-corrected chi connectivity index (χ4v) is 2.81. The van der Waals surface area contributed by atoms with Crippen LogP contribution in [0.3, 0.4) is 0 Å². The third kappa shape index (κ3) is 3.55. The summed E-state index contributed by atoms with van der Waals surface area (Å²) in [6.07, 6.45) is 3.64. The summed E-state index contributed by atoms with van der Waals surface area (Å²) < 4.78 is 5.01. The average Bonchev–Trinajstić information content (AvgIpc) is 3.18. The van der Waals surface area contributed by atoms with E-state index >= 15 is 0 Å². The first-order valence-corrected chi connectivity index (χ1v) is 7.65. The van der Waals surface area contributed by atoms with Gasteiger partial charge in [-0.3, -0.25) is 4.79 Å². The number of hydrogen-bond donors (Lipinski definition) is 3. The number of nitrogens with one attached hydrogen (secondary N) is 2. The summed E-state index contributed by atoms with van der Waals surface area (Å²) >= 11 is 1.16. The fourth-order valence-electron chi connectivity index (χ4n) is 1.79. The molecule has 114 valence electrons. The molecule has 1 aromatic rings. The van der Waals surface area contributed by atoms with Crippen LogP contribution in [0, 0.1) is 0 Å². The molecular formula is C14H19N3O3S. The maximum Gasteiger partial charge on any atom is 0.343 e. The number of carbonyl (C=O) groups is 2. The van der Waals surface area contributed by atoms with E-state index in [1.54, 1.807) is 13.0 Å². The van der Waals surface area contributed by atoms with Crippen molar-refractivity contribution < 1.29 is 14.3 Å². The SMILES string of the molecule is C=CCNc1sc(C(=O)NC2CC2)c(N)c1C(=O)OCC. The number of hydrogen-bond acceptors (Lipinski definition) is 6. The van der Waals surface area contributed by atoms with Crippen molar-refractivity contribution in [1.82, 2.24) is 5.32 Å². The van der Waals surface area contributed by atoms with Gasteiger partial charge in [-0.15, -0.1) is 17.9 Å². The lowest BCUT2D eigenvalue weighted by molar-refractivity contribution is 0.0529. The Bertz CT molecular complexity index is 564. The summed E-state index contributed by atoms with van der Waals surface area (Å²) in [5.41, 5.74) is 6.38. The monoisotopic (exact) mass is 309 g/mol. The number of esters is 1. The third-order valence-electron chi connectivity index (χ3n) is 2.95. The van der Waals surface area contributed by atoms with Crippen molar-refractivity contribution in [1.29, 1.82) is 0 Å². The molecule has 4 N–H and O–H groups in total. The van der Waals surface area contributed by atoms with Crippen LogP contribution in [0.25, 0.3) is 0 Å². The van der Waals surface area contributed by atoms with Crippen molar-refractivity contribution in [2.24, 2.45) is 0 Å². The van der Waals surface area contributed by atoms with Crippen molar-refractivity contribution in [3.8, 4) is 0 Å². The molecule has 6 nitrogen and oxygen atoms in total. The van der Waals surface area contributed by atoms with Crippen LogP contribution in [0.4, 0.5) is 10.7 Å². The molecule has 1 aliphatic rings. The van der Waals surface area contributed by atoms with Crippen LogP contribution in [0.5, 0.6) is 0 Å². The summed E-state index contributed by atoms with van der Waals surface area (Å²) in [6, 6.07) is 0.231. The molecule has 1 aliphatic carbocycles. The fraction of sp³-hybridized carbons (Fsp3) is 0.429. The molecule has 1 heterocycles. The quantitative estimate of drug-likeness (QED) is 0.529.